The van der Waals surface area contributed by atoms with E-state index in [0.29, 0.717) is 59.4 Å². The number of fused-ring (bicyclic) bond motifs is 2. The van der Waals surface area contributed by atoms with E-state index in [9.17, 15) is 18.8 Å². The van der Waals surface area contributed by atoms with Crippen molar-refractivity contribution in [2.45, 2.75) is 82.5 Å². The van der Waals surface area contributed by atoms with E-state index in [0.717, 1.165) is 92.9 Å². The van der Waals surface area contributed by atoms with E-state index < -0.39 is 17.8 Å². The molecule has 2 N–H and O–H groups in total. The summed E-state index contributed by atoms with van der Waals surface area (Å²) in [5, 5.41) is 6.83. The van der Waals surface area contributed by atoms with Gasteiger partial charge in [0.15, 0.2) is 0 Å². The lowest BCUT2D eigenvalue weighted by molar-refractivity contribution is -0.135. The number of ether oxygens (including phenoxy) is 1. The highest BCUT2D eigenvalue weighted by molar-refractivity contribution is 6.30. The van der Waals surface area contributed by atoms with Crippen LogP contribution in [0.15, 0.2) is 77.9 Å². The first-order valence-corrected chi connectivity index (χ1v) is 24.5. The molecule has 6 aromatic rings. The number of carbonyl (C=O) groups is 2. The second-order valence-electron chi connectivity index (χ2n) is 18.8. The molecule has 0 radical (unpaired) electrons. The molecule has 68 heavy (non-hydrogen) atoms. The van der Waals surface area contributed by atoms with E-state index in [-0.39, 0.29) is 18.0 Å². The second kappa shape index (κ2) is 20.4. The quantitative estimate of drug-likeness (QED) is 0.0726. The highest BCUT2D eigenvalue weighted by Crippen LogP contribution is 2.37. The van der Waals surface area contributed by atoms with Crippen LogP contribution in [-0.2, 0) is 27.9 Å². The third kappa shape index (κ3) is 10.1. The minimum atomic E-state index is -0.714. The van der Waals surface area contributed by atoms with Gasteiger partial charge in [0.2, 0.25) is 17.8 Å². The van der Waals surface area contributed by atoms with E-state index in [2.05, 4.69) is 77.2 Å². The molecular formula is C52H58ClFN10O4. The van der Waals surface area contributed by atoms with Gasteiger partial charge in [-0.1, -0.05) is 67.0 Å². The molecule has 1 saturated carbocycles. The van der Waals surface area contributed by atoms with E-state index in [1.54, 1.807) is 13.1 Å². The maximum Gasteiger partial charge on any atom is 0.329 e. The van der Waals surface area contributed by atoms with Crippen LogP contribution in [0.1, 0.15) is 81.0 Å². The Labute approximate surface area is 400 Å². The summed E-state index contributed by atoms with van der Waals surface area (Å²) in [6.07, 6.45) is 12.9. The number of benzene rings is 3. The number of anilines is 2. The van der Waals surface area contributed by atoms with Crippen molar-refractivity contribution in [2.75, 3.05) is 64.3 Å². The predicted molar refractivity (Wildman–Crippen MR) is 262 cm³/mol. The summed E-state index contributed by atoms with van der Waals surface area (Å²) in [5.41, 5.74) is 6.77. The zero-order chi connectivity index (χ0) is 46.7. The topological polar surface area (TPSA) is 135 Å². The lowest BCUT2D eigenvalue weighted by Gasteiger charge is -2.42. The summed E-state index contributed by atoms with van der Waals surface area (Å²) < 4.78 is 25.3. The van der Waals surface area contributed by atoms with Crippen LogP contribution in [0.4, 0.5) is 16.0 Å². The number of rotatable bonds is 12. The van der Waals surface area contributed by atoms with E-state index in [1.165, 1.54) is 58.9 Å². The van der Waals surface area contributed by atoms with Gasteiger partial charge in [-0.15, -0.1) is 0 Å². The van der Waals surface area contributed by atoms with Gasteiger partial charge in [-0.05, 0) is 92.7 Å². The van der Waals surface area contributed by atoms with Gasteiger partial charge in [0.25, 0.3) is 0 Å². The van der Waals surface area contributed by atoms with Crippen LogP contribution in [0.2, 0.25) is 5.02 Å². The van der Waals surface area contributed by atoms with Crippen LogP contribution in [-0.4, -0.2) is 115 Å². The van der Waals surface area contributed by atoms with Crippen LogP contribution >= 0.6 is 11.6 Å². The molecule has 0 bridgehead atoms. The molecule has 1 atom stereocenters. The summed E-state index contributed by atoms with van der Waals surface area (Å²) >= 11 is 6.12. The fourth-order valence-electron chi connectivity index (χ4n) is 10.7. The zero-order valence-corrected chi connectivity index (χ0v) is 39.3. The Balaban J connectivity index is 0.670. The Morgan fingerprint density at radius 3 is 2.43 bits per heavy atom. The minimum absolute atomic E-state index is 0.203. The van der Waals surface area contributed by atoms with E-state index >= 15 is 0 Å². The largest absolute Gasteiger partial charge is 0.367 e. The fraction of sp³-hybridized carbons (Fsp3) is 0.442. The molecule has 0 spiro atoms. The van der Waals surface area contributed by atoms with E-state index in [4.69, 9.17) is 21.3 Å². The summed E-state index contributed by atoms with van der Waals surface area (Å²) in [5.74, 6) is 5.51. The summed E-state index contributed by atoms with van der Waals surface area (Å²) in [7, 11) is 1.68. The molecule has 3 aromatic carbocycles. The normalized spacial score (nSPS) is 19.4. The van der Waals surface area contributed by atoms with Gasteiger partial charge >= 0.3 is 5.69 Å². The number of carbonyl (C=O) groups excluding carboxylic acids is 2. The molecule has 3 saturated heterocycles. The molecule has 4 aliphatic rings. The summed E-state index contributed by atoms with van der Waals surface area (Å²) in [6, 6.07) is 19.1. The third-order valence-corrected chi connectivity index (χ3v) is 14.6. The molecule has 16 heteroatoms. The first-order valence-electron chi connectivity index (χ1n) is 24.1. The molecule has 10 rings (SSSR count). The summed E-state index contributed by atoms with van der Waals surface area (Å²) in [6.45, 7) is 9.17. The highest BCUT2D eigenvalue weighted by Gasteiger charge is 2.32. The fourth-order valence-corrected chi connectivity index (χ4v) is 10.9. The van der Waals surface area contributed by atoms with Gasteiger partial charge in [-0.3, -0.25) is 33.8 Å². The Kier molecular flexibility index (Phi) is 13.7. The number of hydrogen-bond donors (Lipinski definition) is 2. The molecule has 1 aliphatic carbocycles. The molecule has 3 aliphatic heterocycles. The summed E-state index contributed by atoms with van der Waals surface area (Å²) in [4.78, 5) is 54.6. The zero-order valence-electron chi connectivity index (χ0n) is 38.6. The van der Waals surface area contributed by atoms with Crippen molar-refractivity contribution < 1.29 is 18.7 Å². The minimum Gasteiger partial charge on any atom is -0.367 e. The standard InChI is InChI=1S/C52H58ClFN10O4/c1-59-47-28-35(11-14-45(47)64(52(59)67)46-15-16-48(65)57-50(46)66)6-5-26-68-27-25-60-19-17-41(18-20-60)62-23-21-61(22-24-62)33-36-9-12-37(13-10-36)44-34-63(42-7-3-2-4-8-42)49-43(44)32-55-51(58-49)56-40-30-38(53)29-39(54)31-40/h9-14,28-32,34,41-42,46H,2-4,7-8,15-27,33H2,1H3,(H,55,56,58)(H,57,65,66). The number of hydrogen-bond acceptors (Lipinski definition) is 10. The number of amides is 2. The van der Waals surface area contributed by atoms with Crippen LogP contribution in [0.25, 0.3) is 33.2 Å². The Hall–Kier alpha value is -5.89. The molecule has 4 fully saturated rings. The Bertz CT molecular complexity index is 2910. The van der Waals surface area contributed by atoms with Crippen molar-refractivity contribution in [1.29, 1.82) is 0 Å². The molecule has 14 nitrogen and oxygen atoms in total. The van der Waals surface area contributed by atoms with Crippen molar-refractivity contribution in [3.63, 3.8) is 0 Å². The SMILES string of the molecule is Cn1c(=O)n(C2CCC(=O)NC2=O)c2ccc(C#CCOCCN3CCC(N4CCN(Cc5ccc(-c6cn(C7CCCCC7)c7nc(Nc8cc(F)cc(Cl)c8)ncc67)cc5)CC4)CC3)cc21. The lowest BCUT2D eigenvalue weighted by Crippen LogP contribution is -2.53. The van der Waals surface area contributed by atoms with Crippen molar-refractivity contribution in [3.8, 4) is 23.0 Å². The molecule has 354 valence electrons. The first-order chi connectivity index (χ1) is 33.1. The van der Waals surface area contributed by atoms with Gasteiger partial charge in [-0.25, -0.2) is 14.2 Å². The highest BCUT2D eigenvalue weighted by atomic mass is 35.5. The number of aryl methyl sites for hydroxylation is 1. The number of nitrogens with zero attached hydrogens (tertiary/aromatic N) is 8. The predicted octanol–water partition coefficient (Wildman–Crippen LogP) is 7.42. The number of likely N-dealkylation sites (tertiary alicyclic amines) is 1. The molecule has 6 heterocycles. The van der Waals surface area contributed by atoms with Crippen LogP contribution in [0.5, 0.6) is 0 Å². The first kappa shape index (κ1) is 45.9. The molecule has 2 amide bonds. The number of piperazine rings is 1. The number of aromatic nitrogens is 5. The van der Waals surface area contributed by atoms with Crippen LogP contribution in [0.3, 0.4) is 0 Å². The third-order valence-electron chi connectivity index (χ3n) is 14.4. The monoisotopic (exact) mass is 940 g/mol. The Morgan fingerprint density at radius 2 is 1.66 bits per heavy atom. The van der Waals surface area contributed by atoms with Crippen molar-refractivity contribution in [1.82, 2.24) is 43.7 Å². The van der Waals surface area contributed by atoms with Gasteiger partial charge < -0.3 is 19.5 Å². The van der Waals surface area contributed by atoms with Gasteiger partial charge in [0.1, 0.15) is 24.1 Å². The molecular weight excluding hydrogens is 883 g/mol. The second-order valence-corrected chi connectivity index (χ2v) is 19.2. The van der Waals surface area contributed by atoms with Crippen LogP contribution in [0, 0.1) is 17.7 Å². The lowest BCUT2D eigenvalue weighted by atomic mass is 9.95. The average molecular weight is 942 g/mol. The maximum absolute atomic E-state index is 14.1. The average Bonchev–Trinajstić information content (AvgIpc) is 3.84. The molecule has 1 unspecified atom stereocenters. The molecule has 3 aromatic heterocycles. The van der Waals surface area contributed by atoms with Crippen molar-refractivity contribution in [2.24, 2.45) is 7.05 Å². The number of halogens is 2. The van der Waals surface area contributed by atoms with Crippen LogP contribution < -0.4 is 16.3 Å². The van der Waals surface area contributed by atoms with Crippen molar-refractivity contribution in [3.05, 3.63) is 106 Å². The Morgan fingerprint density at radius 1 is 0.868 bits per heavy atom. The number of imide groups is 1. The maximum atomic E-state index is 14.1. The van der Waals surface area contributed by atoms with Gasteiger partial charge in [-0.2, -0.15) is 4.98 Å². The van der Waals surface area contributed by atoms with E-state index in [1.807, 2.05) is 24.4 Å². The van der Waals surface area contributed by atoms with Crippen molar-refractivity contribution >= 4 is 57.1 Å². The number of nitrogens with one attached hydrogen (secondary N) is 2. The number of imidazole rings is 1. The van der Waals surface area contributed by atoms with Gasteiger partial charge in [0.05, 0.1) is 17.6 Å². The smallest absolute Gasteiger partial charge is 0.329 e. The number of piperidine rings is 2. The van der Waals surface area contributed by atoms with Gasteiger partial charge in [0, 0.05) is 104 Å².